The maximum Gasteiger partial charge on any atom is 0.237 e. The molecule has 0 aliphatic carbocycles. The maximum absolute atomic E-state index is 11.6. The van der Waals surface area contributed by atoms with Gasteiger partial charge in [-0.15, -0.1) is 0 Å². The van der Waals surface area contributed by atoms with E-state index in [0.29, 0.717) is 11.6 Å². The number of unbranched alkanes of at least 4 members (excludes halogenated alkanes) is 1. The highest BCUT2D eigenvalue weighted by atomic mass is 35.5. The van der Waals surface area contributed by atoms with Gasteiger partial charge in [0.05, 0.1) is 6.04 Å². The summed E-state index contributed by atoms with van der Waals surface area (Å²) in [5.74, 6) is -0.0894. The molecule has 1 aromatic rings. The number of rotatable bonds is 6. The highest BCUT2D eigenvalue weighted by Gasteiger charge is 2.11. The van der Waals surface area contributed by atoms with E-state index in [-0.39, 0.29) is 5.91 Å². The molecule has 0 aromatic heterocycles. The minimum Gasteiger partial charge on any atom is -0.351 e. The minimum atomic E-state index is -0.401. The number of halogens is 1. The van der Waals surface area contributed by atoms with Gasteiger partial charge in [-0.25, -0.2) is 0 Å². The second-order valence-corrected chi connectivity index (χ2v) is 4.53. The van der Waals surface area contributed by atoms with E-state index >= 15 is 0 Å². The maximum atomic E-state index is 11.6. The molecule has 4 heteroatoms. The number of hydrogen-bond donors (Lipinski definition) is 2. The highest BCUT2D eigenvalue weighted by Crippen LogP contribution is 2.09. The van der Waals surface area contributed by atoms with Gasteiger partial charge in [0.15, 0.2) is 0 Å². The van der Waals surface area contributed by atoms with Gasteiger partial charge in [0.25, 0.3) is 0 Å². The van der Waals surface area contributed by atoms with E-state index in [2.05, 4.69) is 12.2 Å². The van der Waals surface area contributed by atoms with Gasteiger partial charge in [0, 0.05) is 11.6 Å². The molecule has 1 amide bonds. The predicted molar refractivity (Wildman–Crippen MR) is 70.8 cm³/mol. The normalized spacial score (nSPS) is 12.2. The van der Waals surface area contributed by atoms with E-state index in [9.17, 15) is 4.79 Å². The van der Waals surface area contributed by atoms with Crippen LogP contribution < -0.4 is 11.1 Å². The van der Waals surface area contributed by atoms with Crippen molar-refractivity contribution < 1.29 is 4.79 Å². The van der Waals surface area contributed by atoms with Crippen molar-refractivity contribution >= 4 is 17.5 Å². The molecule has 17 heavy (non-hydrogen) atoms. The Bertz CT molecular complexity index is 351. The molecule has 0 fully saturated rings. The van der Waals surface area contributed by atoms with E-state index in [0.717, 1.165) is 24.8 Å². The standard InChI is InChI=1S/C13H19ClN2O/c1-2-3-4-12(15)13(17)16-9-10-5-7-11(14)8-6-10/h5-8,12H,2-4,9,15H2,1H3,(H,16,17). The van der Waals surface area contributed by atoms with Crippen LogP contribution in [0.2, 0.25) is 5.02 Å². The molecule has 0 saturated heterocycles. The molecular formula is C13H19ClN2O. The number of carbonyl (C=O) groups is 1. The monoisotopic (exact) mass is 254 g/mol. The third-order valence-electron chi connectivity index (χ3n) is 2.59. The molecule has 94 valence electrons. The predicted octanol–water partition coefficient (Wildman–Crippen LogP) is 2.47. The van der Waals surface area contributed by atoms with Gasteiger partial charge in [0.2, 0.25) is 5.91 Å². The van der Waals surface area contributed by atoms with Gasteiger partial charge in [-0.2, -0.15) is 0 Å². The summed E-state index contributed by atoms with van der Waals surface area (Å²) in [4.78, 5) is 11.6. The van der Waals surface area contributed by atoms with Gasteiger partial charge in [0.1, 0.15) is 0 Å². The molecule has 0 heterocycles. The molecule has 0 aliphatic heterocycles. The second-order valence-electron chi connectivity index (χ2n) is 4.09. The van der Waals surface area contributed by atoms with Crippen molar-refractivity contribution in [1.82, 2.24) is 5.32 Å². The number of carbonyl (C=O) groups excluding carboxylic acids is 1. The van der Waals surface area contributed by atoms with Crippen molar-refractivity contribution in [3.8, 4) is 0 Å². The van der Waals surface area contributed by atoms with Crippen molar-refractivity contribution in [2.24, 2.45) is 5.73 Å². The van der Waals surface area contributed by atoms with Crippen LogP contribution in [0.3, 0.4) is 0 Å². The van der Waals surface area contributed by atoms with Gasteiger partial charge < -0.3 is 11.1 Å². The lowest BCUT2D eigenvalue weighted by Gasteiger charge is -2.11. The van der Waals surface area contributed by atoms with Crippen LogP contribution in [0, 0.1) is 0 Å². The summed E-state index contributed by atoms with van der Waals surface area (Å²) in [6, 6.07) is 6.99. The van der Waals surface area contributed by atoms with Crippen molar-refractivity contribution in [2.75, 3.05) is 0 Å². The number of hydrogen-bond acceptors (Lipinski definition) is 2. The fraction of sp³-hybridized carbons (Fsp3) is 0.462. The minimum absolute atomic E-state index is 0.0894. The average Bonchev–Trinajstić information content (AvgIpc) is 2.34. The molecule has 0 radical (unpaired) electrons. The highest BCUT2D eigenvalue weighted by molar-refractivity contribution is 6.30. The van der Waals surface area contributed by atoms with Crippen LogP contribution in [0.5, 0.6) is 0 Å². The van der Waals surface area contributed by atoms with Crippen LogP contribution in [-0.4, -0.2) is 11.9 Å². The molecule has 0 bridgehead atoms. The fourth-order valence-corrected chi connectivity index (χ4v) is 1.60. The lowest BCUT2D eigenvalue weighted by Crippen LogP contribution is -2.40. The average molecular weight is 255 g/mol. The molecule has 0 saturated carbocycles. The number of amides is 1. The molecule has 3 N–H and O–H groups in total. The Kier molecular flexibility index (Phi) is 6.01. The zero-order valence-electron chi connectivity index (χ0n) is 10.1. The van der Waals surface area contributed by atoms with Crippen LogP contribution in [0.15, 0.2) is 24.3 Å². The van der Waals surface area contributed by atoms with E-state index in [1.165, 1.54) is 0 Å². The van der Waals surface area contributed by atoms with Gasteiger partial charge in [-0.1, -0.05) is 43.5 Å². The Balaban J connectivity index is 2.34. The zero-order chi connectivity index (χ0) is 12.7. The zero-order valence-corrected chi connectivity index (χ0v) is 10.8. The van der Waals surface area contributed by atoms with Crippen molar-refractivity contribution in [3.63, 3.8) is 0 Å². The quantitative estimate of drug-likeness (QED) is 0.820. The van der Waals surface area contributed by atoms with E-state index in [1.54, 1.807) is 12.1 Å². The lowest BCUT2D eigenvalue weighted by molar-refractivity contribution is -0.122. The number of benzene rings is 1. The summed E-state index contributed by atoms with van der Waals surface area (Å²) in [5.41, 5.74) is 6.78. The Labute approximate surface area is 107 Å². The molecule has 1 aromatic carbocycles. The van der Waals surface area contributed by atoms with Gasteiger partial charge in [-0.05, 0) is 24.1 Å². The van der Waals surface area contributed by atoms with Gasteiger partial charge in [-0.3, -0.25) is 4.79 Å². The first kappa shape index (κ1) is 14.0. The van der Waals surface area contributed by atoms with Crippen LogP contribution in [-0.2, 0) is 11.3 Å². The van der Waals surface area contributed by atoms with Gasteiger partial charge >= 0.3 is 0 Å². The van der Waals surface area contributed by atoms with Crippen LogP contribution >= 0.6 is 11.6 Å². The molecule has 0 spiro atoms. The van der Waals surface area contributed by atoms with Crippen LogP contribution in [0.4, 0.5) is 0 Å². The first-order chi connectivity index (χ1) is 8.13. The van der Waals surface area contributed by atoms with E-state index in [4.69, 9.17) is 17.3 Å². The summed E-state index contributed by atoms with van der Waals surface area (Å²) in [6.07, 6.45) is 2.77. The smallest absolute Gasteiger partial charge is 0.237 e. The molecule has 1 unspecified atom stereocenters. The molecule has 1 rings (SSSR count). The number of nitrogens with two attached hydrogens (primary N) is 1. The topological polar surface area (TPSA) is 55.1 Å². The summed E-state index contributed by atoms with van der Waals surface area (Å²) in [7, 11) is 0. The van der Waals surface area contributed by atoms with Crippen molar-refractivity contribution in [1.29, 1.82) is 0 Å². The van der Waals surface area contributed by atoms with Crippen LogP contribution in [0.25, 0.3) is 0 Å². The Hall–Kier alpha value is -1.06. The lowest BCUT2D eigenvalue weighted by atomic mass is 10.1. The van der Waals surface area contributed by atoms with Crippen LogP contribution in [0.1, 0.15) is 31.7 Å². The Morgan fingerprint density at radius 2 is 2.06 bits per heavy atom. The van der Waals surface area contributed by atoms with Crippen molar-refractivity contribution in [3.05, 3.63) is 34.9 Å². The summed E-state index contributed by atoms with van der Waals surface area (Å²) < 4.78 is 0. The first-order valence-corrected chi connectivity index (χ1v) is 6.29. The second kappa shape index (κ2) is 7.30. The van der Waals surface area contributed by atoms with E-state index in [1.807, 2.05) is 12.1 Å². The molecule has 1 atom stereocenters. The Morgan fingerprint density at radius 1 is 1.41 bits per heavy atom. The third kappa shape index (κ3) is 5.20. The Morgan fingerprint density at radius 3 is 2.65 bits per heavy atom. The summed E-state index contributed by atoms with van der Waals surface area (Å²) >= 11 is 5.77. The number of nitrogens with one attached hydrogen (secondary N) is 1. The molecule has 0 aliphatic rings. The molecular weight excluding hydrogens is 236 g/mol. The first-order valence-electron chi connectivity index (χ1n) is 5.91. The molecule has 3 nitrogen and oxygen atoms in total. The summed E-state index contributed by atoms with van der Waals surface area (Å²) in [5, 5.41) is 3.51. The fourth-order valence-electron chi connectivity index (χ4n) is 1.48. The third-order valence-corrected chi connectivity index (χ3v) is 2.84. The largest absolute Gasteiger partial charge is 0.351 e. The van der Waals surface area contributed by atoms with Crippen molar-refractivity contribution in [2.45, 2.75) is 38.8 Å². The summed E-state index contributed by atoms with van der Waals surface area (Å²) in [6.45, 7) is 2.58. The van der Waals surface area contributed by atoms with E-state index < -0.39 is 6.04 Å². The SMILES string of the molecule is CCCCC(N)C(=O)NCc1ccc(Cl)cc1.